The van der Waals surface area contributed by atoms with Crippen LogP contribution in [0.1, 0.15) is 23.6 Å². The summed E-state index contributed by atoms with van der Waals surface area (Å²) in [6, 6.07) is 13.7. The van der Waals surface area contributed by atoms with E-state index in [0.29, 0.717) is 11.1 Å². The maximum absolute atomic E-state index is 12.6. The molecule has 25 heavy (non-hydrogen) atoms. The summed E-state index contributed by atoms with van der Waals surface area (Å²) in [5.74, 6) is -0.535. The normalized spacial score (nSPS) is 12.2. The lowest BCUT2D eigenvalue weighted by Crippen LogP contribution is -2.30. The molecule has 0 bridgehead atoms. The summed E-state index contributed by atoms with van der Waals surface area (Å²) >= 11 is 3.33. The van der Waals surface area contributed by atoms with Crippen LogP contribution >= 0.6 is 15.9 Å². The fourth-order valence-electron chi connectivity index (χ4n) is 2.16. The molecule has 0 radical (unpaired) electrons. The van der Waals surface area contributed by atoms with E-state index in [9.17, 15) is 13.2 Å². The first kappa shape index (κ1) is 19.1. The van der Waals surface area contributed by atoms with Gasteiger partial charge in [-0.2, -0.15) is 5.26 Å². The molecule has 0 heterocycles. The number of nitriles is 1. The molecule has 8 heteroatoms. The van der Waals surface area contributed by atoms with Gasteiger partial charge in [0.05, 0.1) is 36.1 Å². The molecule has 1 atom stereocenters. The van der Waals surface area contributed by atoms with Crippen molar-refractivity contribution in [2.45, 2.75) is 17.4 Å². The van der Waals surface area contributed by atoms with Crippen molar-refractivity contribution in [3.8, 4) is 6.07 Å². The van der Waals surface area contributed by atoms with Crippen molar-refractivity contribution < 1.29 is 17.9 Å². The number of hydrogen-bond donors (Lipinski definition) is 1. The van der Waals surface area contributed by atoms with Crippen LogP contribution in [-0.2, 0) is 19.6 Å². The molecule has 0 aliphatic heterocycles. The summed E-state index contributed by atoms with van der Waals surface area (Å²) in [7, 11) is -2.64. The van der Waals surface area contributed by atoms with Gasteiger partial charge in [0, 0.05) is 4.47 Å². The van der Waals surface area contributed by atoms with Crippen molar-refractivity contribution >= 4 is 31.9 Å². The molecule has 0 aliphatic rings. The van der Waals surface area contributed by atoms with Gasteiger partial charge < -0.3 is 4.74 Å². The number of methoxy groups -OCH3 is 1. The van der Waals surface area contributed by atoms with Crippen LogP contribution < -0.4 is 4.72 Å². The number of benzene rings is 2. The van der Waals surface area contributed by atoms with Crippen molar-refractivity contribution in [3.05, 3.63) is 64.1 Å². The van der Waals surface area contributed by atoms with Crippen LogP contribution in [0.2, 0.25) is 0 Å². The smallest absolute Gasteiger partial charge is 0.307 e. The number of nitrogens with one attached hydrogen (secondary N) is 1. The third-order valence-electron chi connectivity index (χ3n) is 3.44. The van der Waals surface area contributed by atoms with Gasteiger partial charge in [-0.05, 0) is 42.0 Å². The van der Waals surface area contributed by atoms with Crippen LogP contribution in [0.5, 0.6) is 0 Å². The topological polar surface area (TPSA) is 96.3 Å². The largest absolute Gasteiger partial charge is 0.469 e. The third kappa shape index (κ3) is 5.13. The van der Waals surface area contributed by atoms with Gasteiger partial charge in [0.1, 0.15) is 0 Å². The molecule has 0 saturated heterocycles. The number of carbonyl (C=O) groups excluding carboxylic acids is 1. The Morgan fingerprint density at radius 3 is 2.52 bits per heavy atom. The maximum atomic E-state index is 12.6. The van der Waals surface area contributed by atoms with E-state index in [1.165, 1.54) is 31.4 Å². The zero-order valence-electron chi connectivity index (χ0n) is 13.3. The quantitative estimate of drug-likeness (QED) is 0.721. The first-order valence-corrected chi connectivity index (χ1v) is 9.48. The van der Waals surface area contributed by atoms with E-state index in [-0.39, 0.29) is 11.3 Å². The number of rotatable bonds is 6. The fraction of sp³-hybridized carbons (Fsp3) is 0.176. The van der Waals surface area contributed by atoms with Crippen LogP contribution in [0.25, 0.3) is 0 Å². The van der Waals surface area contributed by atoms with Crippen LogP contribution in [-0.4, -0.2) is 21.5 Å². The maximum Gasteiger partial charge on any atom is 0.307 e. The molecule has 0 fully saturated rings. The highest BCUT2D eigenvalue weighted by atomic mass is 79.9. The fourth-order valence-corrected chi connectivity index (χ4v) is 3.81. The number of ether oxygens (including phenoxy) is 1. The van der Waals surface area contributed by atoms with E-state index in [4.69, 9.17) is 5.26 Å². The van der Waals surface area contributed by atoms with Gasteiger partial charge in [-0.1, -0.05) is 28.1 Å². The minimum Gasteiger partial charge on any atom is -0.469 e. The van der Waals surface area contributed by atoms with Gasteiger partial charge in [0.15, 0.2) is 0 Å². The Hall–Kier alpha value is -2.21. The van der Waals surface area contributed by atoms with E-state index in [1.807, 2.05) is 6.07 Å². The van der Waals surface area contributed by atoms with E-state index >= 15 is 0 Å². The molecule has 2 aromatic rings. The monoisotopic (exact) mass is 422 g/mol. The van der Waals surface area contributed by atoms with Crippen LogP contribution in [0.4, 0.5) is 0 Å². The molecule has 6 nitrogen and oxygen atoms in total. The molecular weight excluding hydrogens is 408 g/mol. The standard InChI is InChI=1S/C17H15BrN2O4S/c1-24-17(21)10-16(13-3-2-4-14(18)9-13)20-25(22,23)15-7-5-12(11-19)6-8-15/h2-9,16,20H,10H2,1H3. The molecule has 0 aliphatic carbocycles. The zero-order valence-corrected chi connectivity index (χ0v) is 15.7. The Kier molecular flexibility index (Phi) is 6.31. The molecule has 2 aromatic carbocycles. The van der Waals surface area contributed by atoms with E-state index in [1.54, 1.807) is 24.3 Å². The molecular formula is C17H15BrN2O4S. The molecule has 1 unspecified atom stereocenters. The second-order valence-corrected chi connectivity index (χ2v) is 7.77. The first-order valence-electron chi connectivity index (χ1n) is 7.20. The number of sulfonamides is 1. The van der Waals surface area contributed by atoms with Gasteiger partial charge in [0.2, 0.25) is 10.0 Å². The SMILES string of the molecule is COC(=O)CC(NS(=O)(=O)c1ccc(C#N)cc1)c1cccc(Br)c1. The van der Waals surface area contributed by atoms with Crippen molar-refractivity contribution in [1.29, 1.82) is 5.26 Å². The van der Waals surface area contributed by atoms with Gasteiger partial charge in [0.25, 0.3) is 0 Å². The summed E-state index contributed by atoms with van der Waals surface area (Å²) < 4.78 is 33.2. The minimum atomic E-state index is -3.88. The Labute approximate surface area is 154 Å². The highest BCUT2D eigenvalue weighted by Gasteiger charge is 2.24. The molecule has 0 spiro atoms. The number of hydrogen-bond acceptors (Lipinski definition) is 5. The molecule has 0 saturated carbocycles. The highest BCUT2D eigenvalue weighted by Crippen LogP contribution is 2.24. The number of nitrogens with zero attached hydrogens (tertiary/aromatic N) is 1. The highest BCUT2D eigenvalue weighted by molar-refractivity contribution is 9.10. The molecule has 0 amide bonds. The van der Waals surface area contributed by atoms with Gasteiger partial charge >= 0.3 is 5.97 Å². The average molecular weight is 423 g/mol. The third-order valence-corrected chi connectivity index (χ3v) is 5.42. The lowest BCUT2D eigenvalue weighted by atomic mass is 10.1. The lowest BCUT2D eigenvalue weighted by Gasteiger charge is -2.18. The Morgan fingerprint density at radius 2 is 1.96 bits per heavy atom. The van der Waals surface area contributed by atoms with Gasteiger partial charge in [-0.3, -0.25) is 4.79 Å². The van der Waals surface area contributed by atoms with E-state index in [2.05, 4.69) is 25.4 Å². The van der Waals surface area contributed by atoms with Crippen molar-refractivity contribution in [2.24, 2.45) is 0 Å². The summed E-state index contributed by atoms with van der Waals surface area (Å²) in [6.07, 6.45) is -0.150. The summed E-state index contributed by atoms with van der Waals surface area (Å²) in [4.78, 5) is 11.7. The van der Waals surface area contributed by atoms with Crippen molar-refractivity contribution in [2.75, 3.05) is 7.11 Å². The first-order chi connectivity index (χ1) is 11.9. The Morgan fingerprint density at radius 1 is 1.28 bits per heavy atom. The Bertz CT molecular complexity index is 905. The van der Waals surface area contributed by atoms with Crippen LogP contribution in [0, 0.1) is 11.3 Å². The minimum absolute atomic E-state index is 0.0105. The lowest BCUT2D eigenvalue weighted by molar-refractivity contribution is -0.141. The number of esters is 1. The van der Waals surface area contributed by atoms with E-state index < -0.39 is 22.0 Å². The average Bonchev–Trinajstić information content (AvgIpc) is 2.61. The summed E-state index contributed by atoms with van der Waals surface area (Å²) in [5.41, 5.74) is 0.981. The Balaban J connectivity index is 2.34. The molecule has 130 valence electrons. The molecule has 1 N–H and O–H groups in total. The summed E-state index contributed by atoms with van der Waals surface area (Å²) in [5, 5.41) is 8.81. The van der Waals surface area contributed by atoms with E-state index in [0.717, 1.165) is 4.47 Å². The second kappa shape index (κ2) is 8.25. The summed E-state index contributed by atoms with van der Waals surface area (Å²) in [6.45, 7) is 0. The van der Waals surface area contributed by atoms with Gasteiger partial charge in [-0.25, -0.2) is 13.1 Å². The molecule has 2 rings (SSSR count). The van der Waals surface area contributed by atoms with Crippen molar-refractivity contribution in [3.63, 3.8) is 0 Å². The van der Waals surface area contributed by atoms with Crippen LogP contribution in [0.3, 0.4) is 0 Å². The second-order valence-electron chi connectivity index (χ2n) is 5.15. The predicted octanol–water partition coefficient (Wildman–Crippen LogP) is 2.90. The predicted molar refractivity (Wildman–Crippen MR) is 95.0 cm³/mol. The number of carbonyl (C=O) groups is 1. The van der Waals surface area contributed by atoms with Gasteiger partial charge in [-0.15, -0.1) is 0 Å². The van der Waals surface area contributed by atoms with Crippen LogP contribution in [0.15, 0.2) is 57.9 Å². The van der Waals surface area contributed by atoms with Crippen molar-refractivity contribution in [1.82, 2.24) is 4.72 Å². The molecule has 0 aromatic heterocycles. The zero-order chi connectivity index (χ0) is 18.4. The number of halogens is 1.